The third kappa shape index (κ3) is 3.35. The van der Waals surface area contributed by atoms with Crippen LogP contribution in [0.4, 0.5) is 5.95 Å². The summed E-state index contributed by atoms with van der Waals surface area (Å²) >= 11 is 0. The van der Waals surface area contributed by atoms with Gasteiger partial charge in [-0.2, -0.15) is 0 Å². The number of rotatable bonds is 3. The lowest BCUT2D eigenvalue weighted by Gasteiger charge is -2.45. The number of anilines is 1. The molecule has 1 aliphatic heterocycles. The maximum absolute atomic E-state index is 6.01. The zero-order valence-corrected chi connectivity index (χ0v) is 13.0. The number of aromatic nitrogens is 2. The molecule has 0 spiro atoms. The molecule has 2 heterocycles. The number of nitrogens with two attached hydrogens (primary N) is 1. The van der Waals surface area contributed by atoms with Crippen LogP contribution in [0, 0.1) is 11.8 Å². The fraction of sp³-hybridized carbons (Fsp3) is 0.750. The first-order valence-electron chi connectivity index (χ1n) is 8.24. The van der Waals surface area contributed by atoms with Gasteiger partial charge in [-0.1, -0.05) is 13.3 Å². The minimum atomic E-state index is 0.678. The van der Waals surface area contributed by atoms with Crippen LogP contribution in [-0.2, 0) is 0 Å². The van der Waals surface area contributed by atoms with Gasteiger partial charge in [0.25, 0.3) is 0 Å². The van der Waals surface area contributed by atoms with Crippen molar-refractivity contribution < 1.29 is 0 Å². The molecule has 5 nitrogen and oxygen atoms in total. The monoisotopic (exact) mass is 289 g/mol. The van der Waals surface area contributed by atoms with Crippen LogP contribution < -0.4 is 10.6 Å². The second-order valence-corrected chi connectivity index (χ2v) is 6.55. The molecule has 2 aliphatic rings. The third-order valence-electron chi connectivity index (χ3n) is 5.14. The average Bonchev–Trinajstić information content (AvgIpc) is 2.56. The maximum Gasteiger partial charge on any atom is 0.225 e. The molecule has 0 radical (unpaired) electrons. The van der Waals surface area contributed by atoms with Gasteiger partial charge in [-0.25, -0.2) is 9.97 Å². The minimum Gasteiger partial charge on any atom is -0.338 e. The van der Waals surface area contributed by atoms with E-state index in [9.17, 15) is 0 Å². The standard InChI is InChI=1S/C16H27N5/c1-13-3-4-14(12-17)15(11-13)20-7-9-21(10-8-20)16-18-5-2-6-19-16/h2,5-6,13-15H,3-4,7-12,17H2,1H3. The molecule has 3 rings (SSSR count). The van der Waals surface area contributed by atoms with Gasteiger partial charge >= 0.3 is 0 Å². The smallest absolute Gasteiger partial charge is 0.225 e. The highest BCUT2D eigenvalue weighted by Crippen LogP contribution is 2.32. The SMILES string of the molecule is CC1CCC(CN)C(N2CCN(c3ncccn3)CC2)C1. The Morgan fingerprint density at radius 1 is 1.14 bits per heavy atom. The quantitative estimate of drug-likeness (QED) is 0.910. The molecule has 1 aromatic rings. The summed E-state index contributed by atoms with van der Waals surface area (Å²) in [5, 5.41) is 0. The highest BCUT2D eigenvalue weighted by molar-refractivity contribution is 5.29. The van der Waals surface area contributed by atoms with Crippen molar-refractivity contribution in [2.75, 3.05) is 37.6 Å². The van der Waals surface area contributed by atoms with E-state index in [-0.39, 0.29) is 0 Å². The van der Waals surface area contributed by atoms with Crippen molar-refractivity contribution in [1.82, 2.24) is 14.9 Å². The van der Waals surface area contributed by atoms with Crippen molar-refractivity contribution in [3.05, 3.63) is 18.5 Å². The van der Waals surface area contributed by atoms with Gasteiger partial charge in [0.05, 0.1) is 0 Å². The van der Waals surface area contributed by atoms with Crippen LogP contribution in [0.25, 0.3) is 0 Å². The van der Waals surface area contributed by atoms with E-state index < -0.39 is 0 Å². The summed E-state index contributed by atoms with van der Waals surface area (Å²) in [7, 11) is 0. The topological polar surface area (TPSA) is 58.3 Å². The van der Waals surface area contributed by atoms with Crippen molar-refractivity contribution in [3.8, 4) is 0 Å². The molecule has 0 aromatic carbocycles. The second kappa shape index (κ2) is 6.71. The van der Waals surface area contributed by atoms with Crippen LogP contribution in [0.5, 0.6) is 0 Å². The molecule has 1 saturated carbocycles. The summed E-state index contributed by atoms with van der Waals surface area (Å²) in [4.78, 5) is 13.7. The average molecular weight is 289 g/mol. The van der Waals surface area contributed by atoms with Gasteiger partial charge in [0.2, 0.25) is 5.95 Å². The molecule has 1 aromatic heterocycles. The van der Waals surface area contributed by atoms with Crippen molar-refractivity contribution >= 4 is 5.95 Å². The van der Waals surface area contributed by atoms with E-state index >= 15 is 0 Å². The first-order valence-corrected chi connectivity index (χ1v) is 8.24. The summed E-state index contributed by atoms with van der Waals surface area (Å²) in [6.45, 7) is 7.46. The predicted octanol–water partition coefficient (Wildman–Crippen LogP) is 1.36. The maximum atomic E-state index is 6.01. The van der Waals surface area contributed by atoms with Gasteiger partial charge in [-0.3, -0.25) is 4.90 Å². The number of hydrogen-bond donors (Lipinski definition) is 1. The second-order valence-electron chi connectivity index (χ2n) is 6.55. The molecular formula is C16H27N5. The van der Waals surface area contributed by atoms with Crippen LogP contribution in [0.3, 0.4) is 0 Å². The predicted molar refractivity (Wildman–Crippen MR) is 85.2 cm³/mol. The summed E-state index contributed by atoms with van der Waals surface area (Å²) in [6.07, 6.45) is 7.59. The lowest BCUT2D eigenvalue weighted by molar-refractivity contribution is 0.0806. The molecule has 1 saturated heterocycles. The van der Waals surface area contributed by atoms with E-state index in [2.05, 4.69) is 26.7 Å². The normalized spacial score (nSPS) is 31.3. The molecule has 5 heteroatoms. The molecular weight excluding hydrogens is 262 g/mol. The van der Waals surface area contributed by atoms with Crippen molar-refractivity contribution in [2.24, 2.45) is 17.6 Å². The fourth-order valence-electron chi connectivity index (χ4n) is 3.84. The van der Waals surface area contributed by atoms with Crippen LogP contribution in [0.15, 0.2) is 18.5 Å². The molecule has 116 valence electrons. The van der Waals surface area contributed by atoms with Crippen molar-refractivity contribution in [3.63, 3.8) is 0 Å². The van der Waals surface area contributed by atoms with Crippen molar-refractivity contribution in [2.45, 2.75) is 32.2 Å². The first-order chi connectivity index (χ1) is 10.3. The Morgan fingerprint density at radius 2 is 1.86 bits per heavy atom. The summed E-state index contributed by atoms with van der Waals surface area (Å²) in [6, 6.07) is 2.55. The lowest BCUT2D eigenvalue weighted by Crippen LogP contribution is -2.55. The Bertz CT molecular complexity index is 430. The number of nitrogens with zero attached hydrogens (tertiary/aromatic N) is 4. The van der Waals surface area contributed by atoms with E-state index in [0.29, 0.717) is 12.0 Å². The molecule has 1 aliphatic carbocycles. The highest BCUT2D eigenvalue weighted by Gasteiger charge is 2.33. The Hall–Kier alpha value is -1.20. The minimum absolute atomic E-state index is 0.678. The lowest BCUT2D eigenvalue weighted by atomic mass is 9.78. The van der Waals surface area contributed by atoms with Gasteiger partial charge in [-0.15, -0.1) is 0 Å². The largest absolute Gasteiger partial charge is 0.338 e. The van der Waals surface area contributed by atoms with Gasteiger partial charge in [-0.05, 0) is 37.3 Å². The van der Waals surface area contributed by atoms with E-state index in [0.717, 1.165) is 44.6 Å². The Balaban J connectivity index is 1.59. The third-order valence-corrected chi connectivity index (χ3v) is 5.14. The highest BCUT2D eigenvalue weighted by atomic mass is 15.3. The van der Waals surface area contributed by atoms with E-state index in [1.807, 2.05) is 18.5 Å². The number of piperazine rings is 1. The molecule has 3 unspecified atom stereocenters. The molecule has 3 atom stereocenters. The first kappa shape index (κ1) is 14.7. The molecule has 21 heavy (non-hydrogen) atoms. The molecule has 0 amide bonds. The van der Waals surface area contributed by atoms with Crippen LogP contribution in [-0.4, -0.2) is 53.6 Å². The molecule has 2 N–H and O–H groups in total. The van der Waals surface area contributed by atoms with Crippen LogP contribution >= 0.6 is 0 Å². The Morgan fingerprint density at radius 3 is 2.52 bits per heavy atom. The Labute approximate surface area is 127 Å². The van der Waals surface area contributed by atoms with Crippen LogP contribution in [0.2, 0.25) is 0 Å². The molecule has 0 bridgehead atoms. The van der Waals surface area contributed by atoms with E-state index in [4.69, 9.17) is 5.73 Å². The molecule has 2 fully saturated rings. The zero-order valence-electron chi connectivity index (χ0n) is 13.0. The van der Waals surface area contributed by atoms with Crippen molar-refractivity contribution in [1.29, 1.82) is 0 Å². The van der Waals surface area contributed by atoms with Crippen LogP contribution in [0.1, 0.15) is 26.2 Å². The summed E-state index contributed by atoms with van der Waals surface area (Å²) < 4.78 is 0. The fourth-order valence-corrected chi connectivity index (χ4v) is 3.84. The van der Waals surface area contributed by atoms with Gasteiger partial charge < -0.3 is 10.6 Å². The zero-order chi connectivity index (χ0) is 14.7. The van der Waals surface area contributed by atoms with Gasteiger partial charge in [0.1, 0.15) is 0 Å². The van der Waals surface area contributed by atoms with Gasteiger partial charge in [0, 0.05) is 44.6 Å². The summed E-state index contributed by atoms with van der Waals surface area (Å²) in [5.74, 6) is 2.39. The Kier molecular flexibility index (Phi) is 4.70. The summed E-state index contributed by atoms with van der Waals surface area (Å²) in [5.41, 5.74) is 6.01. The van der Waals surface area contributed by atoms with E-state index in [1.165, 1.54) is 19.3 Å². The van der Waals surface area contributed by atoms with E-state index in [1.54, 1.807) is 0 Å². The van der Waals surface area contributed by atoms with Gasteiger partial charge in [0.15, 0.2) is 0 Å². The number of hydrogen-bond acceptors (Lipinski definition) is 5.